The average molecular weight is 329 g/mol. The van der Waals surface area contributed by atoms with Crippen molar-refractivity contribution in [3.8, 4) is 0 Å². The predicted molar refractivity (Wildman–Crippen MR) is 85.0 cm³/mol. The quantitative estimate of drug-likeness (QED) is 0.830. The van der Waals surface area contributed by atoms with Crippen LogP contribution in [0.25, 0.3) is 0 Å². The highest BCUT2D eigenvalue weighted by molar-refractivity contribution is 6.42. The maximum absolute atomic E-state index is 12.0. The molecule has 2 aromatic carbocycles. The van der Waals surface area contributed by atoms with Gasteiger partial charge in [-0.1, -0.05) is 46.9 Å². The number of halogens is 3. The first-order valence-electron chi connectivity index (χ1n) is 5.96. The van der Waals surface area contributed by atoms with Gasteiger partial charge in [-0.25, -0.2) is 0 Å². The number of carbonyl (C=O) groups excluding carboxylic acids is 1. The zero-order chi connectivity index (χ0) is 14.7. The van der Waals surface area contributed by atoms with E-state index in [0.717, 1.165) is 11.3 Å². The minimum absolute atomic E-state index is 0.153. The van der Waals surface area contributed by atoms with Gasteiger partial charge in [0.2, 0.25) is 5.91 Å². The van der Waals surface area contributed by atoms with Crippen molar-refractivity contribution < 1.29 is 4.79 Å². The first-order valence-corrected chi connectivity index (χ1v) is 7.09. The Balaban J connectivity index is 2.11. The summed E-state index contributed by atoms with van der Waals surface area (Å²) in [6, 6.07) is 10.5. The lowest BCUT2D eigenvalue weighted by Gasteiger charge is -2.10. The second-order valence-electron chi connectivity index (χ2n) is 4.40. The van der Waals surface area contributed by atoms with Gasteiger partial charge in [-0.2, -0.15) is 0 Å². The van der Waals surface area contributed by atoms with Gasteiger partial charge in [0.1, 0.15) is 0 Å². The summed E-state index contributed by atoms with van der Waals surface area (Å²) in [7, 11) is 0. The lowest BCUT2D eigenvalue weighted by atomic mass is 10.1. The van der Waals surface area contributed by atoms with E-state index in [1.807, 2.05) is 6.92 Å². The summed E-state index contributed by atoms with van der Waals surface area (Å²) in [6.07, 6.45) is 0.168. The van der Waals surface area contributed by atoms with Crippen molar-refractivity contribution in [3.63, 3.8) is 0 Å². The molecule has 0 spiro atoms. The smallest absolute Gasteiger partial charge is 0.228 e. The molecule has 0 heterocycles. The monoisotopic (exact) mass is 327 g/mol. The minimum atomic E-state index is -0.153. The van der Waals surface area contributed by atoms with Gasteiger partial charge in [-0.05, 0) is 42.3 Å². The summed E-state index contributed by atoms with van der Waals surface area (Å²) in [6.45, 7) is 1.88. The highest BCUT2D eigenvalue weighted by Crippen LogP contribution is 2.26. The molecule has 1 amide bonds. The standard InChI is InChI=1S/C15H12Cl3NO/c1-9-7-11(16)5-6-13(9)19-14(20)8-10-3-2-4-12(17)15(10)18/h2-7H,8H2,1H3,(H,19,20). The van der Waals surface area contributed by atoms with Crippen molar-refractivity contribution in [1.29, 1.82) is 0 Å². The topological polar surface area (TPSA) is 29.1 Å². The van der Waals surface area contributed by atoms with E-state index in [1.165, 1.54) is 0 Å². The summed E-state index contributed by atoms with van der Waals surface area (Å²) < 4.78 is 0. The van der Waals surface area contributed by atoms with Gasteiger partial charge in [0.05, 0.1) is 16.5 Å². The second-order valence-corrected chi connectivity index (χ2v) is 5.62. The Morgan fingerprint density at radius 1 is 1.15 bits per heavy atom. The molecular weight excluding hydrogens is 317 g/mol. The van der Waals surface area contributed by atoms with Crippen molar-refractivity contribution in [2.75, 3.05) is 5.32 Å². The van der Waals surface area contributed by atoms with Gasteiger partial charge in [-0.15, -0.1) is 0 Å². The zero-order valence-corrected chi connectivity index (χ0v) is 13.0. The Labute approximate surface area is 132 Å². The average Bonchev–Trinajstić information content (AvgIpc) is 2.38. The van der Waals surface area contributed by atoms with Crippen molar-refractivity contribution in [2.24, 2.45) is 0 Å². The molecule has 2 nitrogen and oxygen atoms in total. The molecule has 0 aliphatic heterocycles. The van der Waals surface area contributed by atoms with E-state index >= 15 is 0 Å². The third-order valence-corrected chi connectivity index (χ3v) is 3.94. The molecule has 2 aromatic rings. The van der Waals surface area contributed by atoms with E-state index in [9.17, 15) is 4.79 Å². The molecule has 0 atom stereocenters. The molecule has 2 rings (SSSR count). The van der Waals surface area contributed by atoms with Crippen LogP contribution in [0.15, 0.2) is 36.4 Å². The van der Waals surface area contributed by atoms with Crippen LogP contribution in [0.3, 0.4) is 0 Å². The van der Waals surface area contributed by atoms with E-state index in [0.29, 0.717) is 20.6 Å². The first kappa shape index (κ1) is 15.2. The molecule has 0 unspecified atom stereocenters. The molecule has 0 aliphatic rings. The van der Waals surface area contributed by atoms with Gasteiger partial charge in [0.15, 0.2) is 0 Å². The Kier molecular flexibility index (Phi) is 4.92. The highest BCUT2D eigenvalue weighted by Gasteiger charge is 2.10. The fraction of sp³-hybridized carbons (Fsp3) is 0.133. The van der Waals surface area contributed by atoms with E-state index in [1.54, 1.807) is 36.4 Å². The van der Waals surface area contributed by atoms with Crippen molar-refractivity contribution in [2.45, 2.75) is 13.3 Å². The summed E-state index contributed by atoms with van der Waals surface area (Å²) in [5.74, 6) is -0.153. The van der Waals surface area contributed by atoms with E-state index in [-0.39, 0.29) is 12.3 Å². The SMILES string of the molecule is Cc1cc(Cl)ccc1NC(=O)Cc1cccc(Cl)c1Cl. The Morgan fingerprint density at radius 2 is 1.90 bits per heavy atom. The molecule has 1 N–H and O–H groups in total. The van der Waals surface area contributed by atoms with Crippen LogP contribution in [0.2, 0.25) is 15.1 Å². The van der Waals surface area contributed by atoms with Crippen molar-refractivity contribution in [3.05, 3.63) is 62.6 Å². The summed E-state index contributed by atoms with van der Waals surface area (Å²) >= 11 is 17.9. The number of amides is 1. The molecule has 5 heteroatoms. The summed E-state index contributed by atoms with van der Waals surface area (Å²) in [5, 5.41) is 4.33. The molecule has 0 aromatic heterocycles. The third kappa shape index (κ3) is 3.66. The van der Waals surface area contributed by atoms with Crippen LogP contribution < -0.4 is 5.32 Å². The Bertz CT molecular complexity index is 656. The number of nitrogens with one attached hydrogen (secondary N) is 1. The second kappa shape index (κ2) is 6.49. The van der Waals surface area contributed by atoms with E-state index in [2.05, 4.69) is 5.32 Å². The fourth-order valence-electron chi connectivity index (χ4n) is 1.82. The lowest BCUT2D eigenvalue weighted by Crippen LogP contribution is -2.15. The lowest BCUT2D eigenvalue weighted by molar-refractivity contribution is -0.115. The molecule has 0 aliphatic carbocycles. The highest BCUT2D eigenvalue weighted by atomic mass is 35.5. The largest absolute Gasteiger partial charge is 0.326 e. The van der Waals surface area contributed by atoms with Gasteiger partial charge in [0.25, 0.3) is 0 Å². The van der Waals surface area contributed by atoms with Crippen LogP contribution in [-0.4, -0.2) is 5.91 Å². The number of hydrogen-bond acceptors (Lipinski definition) is 1. The normalized spacial score (nSPS) is 10.4. The van der Waals surface area contributed by atoms with E-state index in [4.69, 9.17) is 34.8 Å². The number of benzene rings is 2. The molecule has 20 heavy (non-hydrogen) atoms. The van der Waals surface area contributed by atoms with Gasteiger partial charge in [0, 0.05) is 10.7 Å². The molecule has 0 fully saturated rings. The summed E-state index contributed by atoms with van der Waals surface area (Å²) in [5.41, 5.74) is 2.34. The van der Waals surface area contributed by atoms with Crippen molar-refractivity contribution in [1.82, 2.24) is 0 Å². The van der Waals surface area contributed by atoms with Gasteiger partial charge >= 0.3 is 0 Å². The number of aryl methyl sites for hydroxylation is 1. The van der Waals surface area contributed by atoms with Gasteiger partial charge in [-0.3, -0.25) is 4.79 Å². The van der Waals surface area contributed by atoms with Gasteiger partial charge < -0.3 is 5.32 Å². The molecule has 0 bridgehead atoms. The molecular formula is C15H12Cl3NO. The maximum atomic E-state index is 12.0. The van der Waals surface area contributed by atoms with Crippen LogP contribution in [0.5, 0.6) is 0 Å². The molecule has 104 valence electrons. The van der Waals surface area contributed by atoms with Crippen LogP contribution in [0.1, 0.15) is 11.1 Å². The first-order chi connectivity index (χ1) is 9.47. The zero-order valence-electron chi connectivity index (χ0n) is 10.7. The van der Waals surface area contributed by atoms with E-state index < -0.39 is 0 Å². The molecule has 0 saturated heterocycles. The Morgan fingerprint density at radius 3 is 2.60 bits per heavy atom. The third-order valence-electron chi connectivity index (χ3n) is 2.85. The predicted octanol–water partition coefficient (Wildman–Crippen LogP) is 5.14. The van der Waals surface area contributed by atoms with Crippen LogP contribution in [-0.2, 0) is 11.2 Å². The number of carbonyl (C=O) groups is 1. The van der Waals surface area contributed by atoms with Crippen molar-refractivity contribution >= 4 is 46.4 Å². The summed E-state index contributed by atoms with van der Waals surface area (Å²) in [4.78, 5) is 12.0. The van der Waals surface area contributed by atoms with Crippen LogP contribution >= 0.6 is 34.8 Å². The van der Waals surface area contributed by atoms with Crippen LogP contribution in [0, 0.1) is 6.92 Å². The van der Waals surface area contributed by atoms with Crippen LogP contribution in [0.4, 0.5) is 5.69 Å². The fourth-order valence-corrected chi connectivity index (χ4v) is 2.43. The number of rotatable bonds is 3. The molecule has 0 radical (unpaired) electrons. The molecule has 0 saturated carbocycles. The minimum Gasteiger partial charge on any atom is -0.326 e. The number of hydrogen-bond donors (Lipinski definition) is 1. The Hall–Kier alpha value is -1.22. The number of anilines is 1. The maximum Gasteiger partial charge on any atom is 0.228 e.